The highest BCUT2D eigenvalue weighted by molar-refractivity contribution is 7.89. The number of hydrogen-bond acceptors (Lipinski definition) is 4. The number of hydrogen-bond donors (Lipinski definition) is 1. The van der Waals surface area contributed by atoms with E-state index in [1.165, 1.54) is 0 Å². The van der Waals surface area contributed by atoms with Gasteiger partial charge in [0.2, 0.25) is 15.9 Å². The summed E-state index contributed by atoms with van der Waals surface area (Å²) in [6, 6.07) is 14.0. The van der Waals surface area contributed by atoms with Crippen molar-refractivity contribution in [3.63, 3.8) is 0 Å². The van der Waals surface area contributed by atoms with Crippen molar-refractivity contribution in [2.45, 2.75) is 37.5 Å². The SMILES string of the molecule is Cc1ccc(S(=O)(=O)NCC2CCCN(C(=O)c3ccc(N4CCCC4=O)cc3)C2)cc1. The molecule has 0 bridgehead atoms. The minimum absolute atomic E-state index is 0.0598. The van der Waals surface area contributed by atoms with Crippen LogP contribution in [0.2, 0.25) is 0 Å². The van der Waals surface area contributed by atoms with Crippen LogP contribution < -0.4 is 9.62 Å². The van der Waals surface area contributed by atoms with Crippen molar-refractivity contribution in [2.24, 2.45) is 5.92 Å². The van der Waals surface area contributed by atoms with E-state index in [0.29, 0.717) is 31.6 Å². The molecule has 2 aliphatic rings. The number of piperidine rings is 1. The normalized spacial score (nSPS) is 19.4. The van der Waals surface area contributed by atoms with Gasteiger partial charge >= 0.3 is 0 Å². The number of anilines is 1. The van der Waals surface area contributed by atoms with Crippen LogP contribution in [-0.2, 0) is 14.8 Å². The van der Waals surface area contributed by atoms with E-state index in [1.54, 1.807) is 46.2 Å². The average molecular weight is 456 g/mol. The van der Waals surface area contributed by atoms with Gasteiger partial charge in [0, 0.05) is 43.9 Å². The number of nitrogens with zero attached hydrogens (tertiary/aromatic N) is 2. The Hall–Kier alpha value is -2.71. The van der Waals surface area contributed by atoms with Crippen LogP contribution in [0.3, 0.4) is 0 Å². The summed E-state index contributed by atoms with van der Waals surface area (Å²) in [6.07, 6.45) is 3.14. The summed E-state index contributed by atoms with van der Waals surface area (Å²) >= 11 is 0. The molecule has 7 nitrogen and oxygen atoms in total. The molecule has 8 heteroatoms. The smallest absolute Gasteiger partial charge is 0.253 e. The van der Waals surface area contributed by atoms with Crippen molar-refractivity contribution in [1.29, 1.82) is 0 Å². The first-order valence-corrected chi connectivity index (χ1v) is 12.6. The zero-order valence-electron chi connectivity index (χ0n) is 18.3. The zero-order valence-corrected chi connectivity index (χ0v) is 19.1. The lowest BCUT2D eigenvalue weighted by Crippen LogP contribution is -2.43. The molecule has 170 valence electrons. The topological polar surface area (TPSA) is 86.8 Å². The van der Waals surface area contributed by atoms with Gasteiger partial charge < -0.3 is 9.80 Å². The van der Waals surface area contributed by atoms with Gasteiger partial charge in [-0.25, -0.2) is 13.1 Å². The van der Waals surface area contributed by atoms with E-state index in [0.717, 1.165) is 37.1 Å². The summed E-state index contributed by atoms with van der Waals surface area (Å²) < 4.78 is 27.8. The lowest BCUT2D eigenvalue weighted by molar-refractivity contribution is -0.117. The van der Waals surface area contributed by atoms with Crippen LogP contribution in [0, 0.1) is 12.8 Å². The number of aryl methyl sites for hydroxylation is 1. The Morgan fingerprint density at radius 1 is 1.03 bits per heavy atom. The summed E-state index contributed by atoms with van der Waals surface area (Å²) in [4.78, 5) is 28.7. The van der Waals surface area contributed by atoms with E-state index >= 15 is 0 Å². The Morgan fingerprint density at radius 2 is 1.75 bits per heavy atom. The van der Waals surface area contributed by atoms with Gasteiger partial charge in [0.1, 0.15) is 0 Å². The predicted molar refractivity (Wildman–Crippen MR) is 123 cm³/mol. The number of benzene rings is 2. The molecule has 1 unspecified atom stereocenters. The second-order valence-electron chi connectivity index (χ2n) is 8.62. The number of sulfonamides is 1. The van der Waals surface area contributed by atoms with Gasteiger partial charge in [0.05, 0.1) is 4.90 Å². The van der Waals surface area contributed by atoms with Crippen LogP contribution in [0.4, 0.5) is 5.69 Å². The third-order valence-electron chi connectivity index (χ3n) is 6.20. The van der Waals surface area contributed by atoms with Crippen molar-refractivity contribution in [2.75, 3.05) is 31.1 Å². The summed E-state index contributed by atoms with van der Waals surface area (Å²) in [5.41, 5.74) is 2.41. The van der Waals surface area contributed by atoms with Crippen molar-refractivity contribution in [3.05, 3.63) is 59.7 Å². The summed E-state index contributed by atoms with van der Waals surface area (Å²) in [5.74, 6) is 0.126. The predicted octanol–water partition coefficient (Wildman–Crippen LogP) is 2.95. The van der Waals surface area contributed by atoms with Gasteiger partial charge in [0.25, 0.3) is 5.91 Å². The Morgan fingerprint density at radius 3 is 2.41 bits per heavy atom. The molecule has 2 saturated heterocycles. The number of nitrogens with one attached hydrogen (secondary N) is 1. The highest BCUT2D eigenvalue weighted by Crippen LogP contribution is 2.23. The second kappa shape index (κ2) is 9.42. The van der Waals surface area contributed by atoms with Gasteiger partial charge in [-0.3, -0.25) is 9.59 Å². The Labute approximate surface area is 189 Å². The van der Waals surface area contributed by atoms with Crippen molar-refractivity contribution in [3.8, 4) is 0 Å². The maximum atomic E-state index is 13.0. The molecule has 1 atom stereocenters. The summed E-state index contributed by atoms with van der Waals surface area (Å²) in [5, 5.41) is 0. The molecule has 2 aliphatic heterocycles. The average Bonchev–Trinajstić information content (AvgIpc) is 3.24. The quantitative estimate of drug-likeness (QED) is 0.726. The lowest BCUT2D eigenvalue weighted by atomic mass is 9.97. The molecule has 0 spiro atoms. The molecule has 1 N–H and O–H groups in total. The maximum Gasteiger partial charge on any atom is 0.253 e. The number of amides is 2. The minimum Gasteiger partial charge on any atom is -0.338 e. The largest absolute Gasteiger partial charge is 0.338 e. The number of carbonyl (C=O) groups is 2. The van der Waals surface area contributed by atoms with Gasteiger partial charge in [0.15, 0.2) is 0 Å². The van der Waals surface area contributed by atoms with Crippen molar-refractivity contribution < 1.29 is 18.0 Å². The number of rotatable bonds is 6. The lowest BCUT2D eigenvalue weighted by Gasteiger charge is -2.33. The standard InChI is InChI=1S/C24H29N3O4S/c1-18-6-12-22(13-7-18)32(30,31)25-16-19-4-2-14-26(17-19)24(29)20-8-10-21(11-9-20)27-15-3-5-23(27)28/h6-13,19,25H,2-5,14-17H2,1H3. The van der Waals surface area contributed by atoms with E-state index in [-0.39, 0.29) is 22.6 Å². The molecule has 2 aromatic carbocycles. The van der Waals surface area contributed by atoms with Crippen LogP contribution in [0.5, 0.6) is 0 Å². The molecule has 0 aromatic heterocycles. The van der Waals surface area contributed by atoms with Crippen molar-refractivity contribution in [1.82, 2.24) is 9.62 Å². The van der Waals surface area contributed by atoms with E-state index < -0.39 is 10.0 Å². The Bertz CT molecular complexity index is 1080. The van der Waals surface area contributed by atoms with Crippen LogP contribution in [-0.4, -0.2) is 51.3 Å². The maximum absolute atomic E-state index is 13.0. The first kappa shape index (κ1) is 22.5. The summed E-state index contributed by atoms with van der Waals surface area (Å²) in [6.45, 7) is 4.11. The fourth-order valence-corrected chi connectivity index (χ4v) is 5.45. The Kier molecular flexibility index (Phi) is 6.62. The van der Waals surface area contributed by atoms with Crippen LogP contribution in [0.1, 0.15) is 41.6 Å². The first-order valence-electron chi connectivity index (χ1n) is 11.1. The molecule has 2 amide bonds. The van der Waals surface area contributed by atoms with Crippen LogP contribution >= 0.6 is 0 Å². The highest BCUT2D eigenvalue weighted by atomic mass is 32.2. The van der Waals surface area contributed by atoms with Gasteiger partial charge in [-0.15, -0.1) is 0 Å². The van der Waals surface area contributed by atoms with Crippen molar-refractivity contribution >= 4 is 27.5 Å². The number of carbonyl (C=O) groups excluding carboxylic acids is 2. The van der Waals surface area contributed by atoms with E-state index in [1.807, 2.05) is 19.1 Å². The second-order valence-corrected chi connectivity index (χ2v) is 10.4. The van der Waals surface area contributed by atoms with Gasteiger partial charge in [-0.2, -0.15) is 0 Å². The number of likely N-dealkylation sites (tertiary alicyclic amines) is 1. The first-order chi connectivity index (χ1) is 15.3. The molecule has 2 fully saturated rings. The minimum atomic E-state index is -3.57. The van der Waals surface area contributed by atoms with E-state index in [2.05, 4.69) is 4.72 Å². The molecule has 32 heavy (non-hydrogen) atoms. The molecule has 4 rings (SSSR count). The highest BCUT2D eigenvalue weighted by Gasteiger charge is 2.27. The van der Waals surface area contributed by atoms with Crippen LogP contribution in [0.15, 0.2) is 53.4 Å². The molecule has 2 aromatic rings. The van der Waals surface area contributed by atoms with E-state index in [4.69, 9.17) is 0 Å². The fourth-order valence-electron chi connectivity index (χ4n) is 4.33. The third-order valence-corrected chi connectivity index (χ3v) is 7.64. The third kappa shape index (κ3) is 5.02. The zero-order chi connectivity index (χ0) is 22.7. The fraction of sp³-hybridized carbons (Fsp3) is 0.417. The monoisotopic (exact) mass is 455 g/mol. The molecular weight excluding hydrogens is 426 g/mol. The molecule has 2 heterocycles. The van der Waals surface area contributed by atoms with Gasteiger partial charge in [-0.1, -0.05) is 17.7 Å². The molecule has 0 radical (unpaired) electrons. The van der Waals surface area contributed by atoms with E-state index in [9.17, 15) is 18.0 Å². The molecular formula is C24H29N3O4S. The molecule has 0 aliphatic carbocycles. The summed E-state index contributed by atoms with van der Waals surface area (Å²) in [7, 11) is -3.57. The molecule has 0 saturated carbocycles. The Balaban J connectivity index is 1.35. The van der Waals surface area contributed by atoms with Gasteiger partial charge in [-0.05, 0) is 68.5 Å². The van der Waals surface area contributed by atoms with Crippen LogP contribution in [0.25, 0.3) is 0 Å².